The van der Waals surface area contributed by atoms with Crippen LogP contribution in [0.4, 0.5) is 0 Å². The fourth-order valence-corrected chi connectivity index (χ4v) is 1.09. The van der Waals surface area contributed by atoms with E-state index >= 15 is 0 Å². The van der Waals surface area contributed by atoms with Gasteiger partial charge in [0.15, 0.2) is 6.17 Å². The van der Waals surface area contributed by atoms with Gasteiger partial charge >= 0.3 is 5.97 Å². The van der Waals surface area contributed by atoms with Crippen LogP contribution in [0.1, 0.15) is 20.3 Å². The van der Waals surface area contributed by atoms with E-state index in [4.69, 9.17) is 4.84 Å². The van der Waals surface area contributed by atoms with Crippen LogP contribution in [0.2, 0.25) is 0 Å². The van der Waals surface area contributed by atoms with E-state index in [9.17, 15) is 4.79 Å². The fraction of sp³-hybridized carbons (Fsp3) is 0.700. The minimum absolute atomic E-state index is 0. The number of allylic oxidation sites excluding steroid dienone is 1. The van der Waals surface area contributed by atoms with Crippen LogP contribution in [-0.2, 0) is 9.63 Å². The van der Waals surface area contributed by atoms with Crippen molar-refractivity contribution in [3.8, 4) is 0 Å². The van der Waals surface area contributed by atoms with Crippen molar-refractivity contribution in [2.24, 2.45) is 0 Å². The number of carbonyl (C=O) groups excluding carboxylic acids is 1. The number of halogens is 1. The maximum Gasteiger partial charge on any atom is 0.349 e. The van der Waals surface area contributed by atoms with Crippen LogP contribution in [0, 0.1) is 0 Å². The van der Waals surface area contributed by atoms with Gasteiger partial charge in [-0.25, -0.2) is 4.79 Å². The Balaban J connectivity index is 0. The van der Waals surface area contributed by atoms with Gasteiger partial charge < -0.3 is 21.7 Å². The quantitative estimate of drug-likeness (QED) is 0.261. The van der Waals surface area contributed by atoms with E-state index < -0.39 is 0 Å². The van der Waals surface area contributed by atoms with Gasteiger partial charge in [-0.2, -0.15) is 0 Å². The second-order valence-electron chi connectivity index (χ2n) is 4.08. The number of nitrogens with one attached hydrogen (secondary N) is 1. The number of hydrogen-bond donors (Lipinski definition) is 1. The average molecular weight is 237 g/mol. The van der Waals surface area contributed by atoms with Crippen LogP contribution in [0.15, 0.2) is 12.2 Å². The third-order valence-corrected chi connectivity index (χ3v) is 1.92. The zero-order valence-corrected chi connectivity index (χ0v) is 10.8. The van der Waals surface area contributed by atoms with E-state index in [-0.39, 0.29) is 24.5 Å². The van der Waals surface area contributed by atoms with Gasteiger partial charge in [-0.15, -0.1) is 0 Å². The molecule has 4 nitrogen and oxygen atoms in total. The zero-order chi connectivity index (χ0) is 11.2. The fourth-order valence-electron chi connectivity index (χ4n) is 1.09. The maximum absolute atomic E-state index is 11.0. The van der Waals surface area contributed by atoms with Crippen LogP contribution < -0.4 is 17.9 Å². The molecule has 5 heteroatoms. The molecule has 0 amide bonds. The van der Waals surface area contributed by atoms with E-state index in [1.165, 1.54) is 6.08 Å². The molecule has 0 aliphatic heterocycles. The third-order valence-electron chi connectivity index (χ3n) is 1.92. The molecule has 0 saturated carbocycles. The second-order valence-corrected chi connectivity index (χ2v) is 4.08. The summed E-state index contributed by atoms with van der Waals surface area (Å²) in [5.41, 5.74) is 2.77. The second kappa shape index (κ2) is 7.68. The molecule has 90 valence electrons. The van der Waals surface area contributed by atoms with Crippen molar-refractivity contribution in [3.05, 3.63) is 12.2 Å². The number of carbonyl (C=O) groups is 1. The van der Waals surface area contributed by atoms with Crippen molar-refractivity contribution in [2.75, 3.05) is 21.1 Å². The van der Waals surface area contributed by atoms with Gasteiger partial charge in [-0.05, 0) is 6.92 Å². The molecule has 0 fully saturated rings. The van der Waals surface area contributed by atoms with Crippen molar-refractivity contribution < 1.29 is 26.5 Å². The van der Waals surface area contributed by atoms with E-state index in [2.05, 4.69) is 5.48 Å². The Labute approximate surface area is 98.2 Å². The summed E-state index contributed by atoms with van der Waals surface area (Å²) < 4.78 is 0.708. The van der Waals surface area contributed by atoms with Gasteiger partial charge in [0.2, 0.25) is 0 Å². The van der Waals surface area contributed by atoms with Gasteiger partial charge in [0, 0.05) is 12.5 Å². The normalized spacial score (nSPS) is 13.4. The van der Waals surface area contributed by atoms with Crippen LogP contribution in [0.3, 0.4) is 0 Å². The molecule has 0 saturated heterocycles. The number of nitrogens with zero attached hydrogens (tertiary/aromatic N) is 1. The Hall–Kier alpha value is -0.580. The summed E-state index contributed by atoms with van der Waals surface area (Å²) in [7, 11) is 6.14. The first-order valence-electron chi connectivity index (χ1n) is 4.82. The highest BCUT2D eigenvalue weighted by atomic mass is 35.5. The molecular weight excluding hydrogens is 216 g/mol. The number of rotatable bonds is 5. The first-order valence-corrected chi connectivity index (χ1v) is 4.82. The molecule has 0 aliphatic carbocycles. The predicted octanol–water partition coefficient (Wildman–Crippen LogP) is -1.94. The lowest BCUT2D eigenvalue weighted by atomic mass is 10.3. The average Bonchev–Trinajstić information content (AvgIpc) is 2.03. The van der Waals surface area contributed by atoms with Gasteiger partial charge in [-0.3, -0.25) is 0 Å². The molecule has 0 spiro atoms. The van der Waals surface area contributed by atoms with Gasteiger partial charge in [-0.1, -0.05) is 18.5 Å². The molecule has 1 N–H and O–H groups in total. The first kappa shape index (κ1) is 16.8. The summed E-state index contributed by atoms with van der Waals surface area (Å²) >= 11 is 0. The van der Waals surface area contributed by atoms with Crippen molar-refractivity contribution in [2.45, 2.75) is 26.4 Å². The van der Waals surface area contributed by atoms with E-state index in [1.54, 1.807) is 13.0 Å². The number of hydroxylamine groups is 1. The predicted molar refractivity (Wildman–Crippen MR) is 56.2 cm³/mol. The van der Waals surface area contributed by atoms with Crippen molar-refractivity contribution in [3.63, 3.8) is 0 Å². The lowest BCUT2D eigenvalue weighted by molar-refractivity contribution is -0.902. The molecule has 15 heavy (non-hydrogen) atoms. The molecule has 0 rings (SSSR count). The Morgan fingerprint density at radius 2 is 2.00 bits per heavy atom. The maximum atomic E-state index is 11.0. The third kappa shape index (κ3) is 7.36. The Morgan fingerprint density at radius 1 is 1.47 bits per heavy atom. The van der Waals surface area contributed by atoms with Crippen LogP contribution in [0.5, 0.6) is 0 Å². The van der Waals surface area contributed by atoms with E-state index in [0.29, 0.717) is 4.48 Å². The smallest absolute Gasteiger partial charge is 0.349 e. The van der Waals surface area contributed by atoms with Crippen molar-refractivity contribution in [1.29, 1.82) is 0 Å². The lowest BCUT2D eigenvalue weighted by Crippen LogP contribution is -3.00. The molecule has 0 aromatic rings. The Bertz CT molecular complexity index is 212. The van der Waals surface area contributed by atoms with Crippen LogP contribution >= 0.6 is 0 Å². The Morgan fingerprint density at radius 3 is 2.33 bits per heavy atom. The largest absolute Gasteiger partial charge is 1.00 e. The molecule has 0 heterocycles. The first-order chi connectivity index (χ1) is 6.41. The SMILES string of the molecule is CC=CC(=O)ONC(CC)[N+](C)(C)C.[Cl-]. The highest BCUT2D eigenvalue weighted by Crippen LogP contribution is 2.03. The molecule has 0 aromatic heterocycles. The highest BCUT2D eigenvalue weighted by molar-refractivity contribution is 5.81. The summed E-state index contributed by atoms with van der Waals surface area (Å²) in [5.74, 6) is -0.362. The molecule has 0 aliphatic rings. The summed E-state index contributed by atoms with van der Waals surface area (Å²) in [6.07, 6.45) is 4.04. The van der Waals surface area contributed by atoms with Crippen LogP contribution in [0.25, 0.3) is 0 Å². The van der Waals surface area contributed by atoms with Crippen LogP contribution in [-0.4, -0.2) is 37.8 Å². The molecule has 0 radical (unpaired) electrons. The van der Waals surface area contributed by atoms with Crippen molar-refractivity contribution >= 4 is 5.97 Å². The molecule has 1 atom stereocenters. The monoisotopic (exact) mass is 236 g/mol. The highest BCUT2D eigenvalue weighted by Gasteiger charge is 2.22. The summed E-state index contributed by atoms with van der Waals surface area (Å²) in [5, 5.41) is 0. The van der Waals surface area contributed by atoms with Gasteiger partial charge in [0.25, 0.3) is 0 Å². The topological polar surface area (TPSA) is 38.3 Å². The van der Waals surface area contributed by atoms with Gasteiger partial charge in [0.05, 0.1) is 21.1 Å². The number of quaternary nitrogens is 1. The summed E-state index contributed by atoms with van der Waals surface area (Å²) in [6.45, 7) is 3.82. The minimum Gasteiger partial charge on any atom is -1.00 e. The molecule has 1 unspecified atom stereocenters. The van der Waals surface area contributed by atoms with Crippen molar-refractivity contribution in [1.82, 2.24) is 5.48 Å². The van der Waals surface area contributed by atoms with E-state index in [0.717, 1.165) is 6.42 Å². The molecular formula is C10H21ClN2O2. The lowest BCUT2D eigenvalue weighted by Gasteiger charge is -2.32. The Kier molecular flexibility index (Phi) is 8.62. The van der Waals surface area contributed by atoms with Gasteiger partial charge in [0.1, 0.15) is 0 Å². The molecule has 0 aromatic carbocycles. The zero-order valence-electron chi connectivity index (χ0n) is 10.1. The summed E-state index contributed by atoms with van der Waals surface area (Å²) in [6, 6.07) is 0. The minimum atomic E-state index is -0.362. The standard InChI is InChI=1S/C10H21N2O2.ClH/c1-6-8-10(13)14-11-9(7-2)12(3,4)5;/h6,8-9,11H,7H2,1-5H3;1H/q+1;/p-1. The number of hydrogen-bond acceptors (Lipinski definition) is 3. The summed E-state index contributed by atoms with van der Waals surface area (Å²) in [4.78, 5) is 15.9. The van der Waals surface area contributed by atoms with E-state index in [1.807, 2.05) is 28.1 Å². The molecule has 0 bridgehead atoms.